The molecule has 2 aromatic heterocycles. The first-order valence-corrected chi connectivity index (χ1v) is 6.22. The van der Waals surface area contributed by atoms with Crippen LogP contribution in [-0.4, -0.2) is 25.8 Å². The molecule has 2 rings (SSSR count). The van der Waals surface area contributed by atoms with Gasteiger partial charge in [-0.1, -0.05) is 0 Å². The minimum atomic E-state index is -0.130. The van der Waals surface area contributed by atoms with Gasteiger partial charge in [-0.25, -0.2) is 4.98 Å². The van der Waals surface area contributed by atoms with Crippen LogP contribution < -0.4 is 10.9 Å². The van der Waals surface area contributed by atoms with Crippen molar-refractivity contribution >= 4 is 28.4 Å². The second-order valence-electron chi connectivity index (χ2n) is 3.67. The molecule has 0 aliphatic heterocycles. The summed E-state index contributed by atoms with van der Waals surface area (Å²) in [6.07, 6.45) is 5.03. The molecule has 0 aliphatic rings. The second-order valence-corrected chi connectivity index (χ2v) is 4.75. The Bertz CT molecular complexity index is 536. The van der Waals surface area contributed by atoms with Crippen molar-refractivity contribution in [2.75, 3.05) is 5.32 Å². The van der Waals surface area contributed by atoms with E-state index < -0.39 is 0 Å². The number of rotatable bonds is 4. The van der Waals surface area contributed by atoms with E-state index in [-0.39, 0.29) is 11.6 Å². The molecule has 6 nitrogen and oxygen atoms in total. The number of nitrogens with zero attached hydrogens (tertiary/aromatic N) is 3. The van der Waals surface area contributed by atoms with Crippen molar-refractivity contribution in [3.63, 3.8) is 0 Å². The highest BCUT2D eigenvalue weighted by molar-refractivity contribution is 14.1. The molecule has 7 heteroatoms. The monoisotopic (exact) mass is 345 g/mol. The lowest BCUT2D eigenvalue weighted by molar-refractivity contribution is 0.559. The summed E-state index contributed by atoms with van der Waals surface area (Å²) in [7, 11) is 0. The molecule has 2 N–H and O–H groups in total. The zero-order chi connectivity index (χ0) is 12.3. The summed E-state index contributed by atoms with van der Waals surface area (Å²) in [6.45, 7) is 2.73. The predicted octanol–water partition coefficient (Wildman–Crippen LogP) is 1.07. The van der Waals surface area contributed by atoms with E-state index in [0.29, 0.717) is 9.39 Å². The van der Waals surface area contributed by atoms with Gasteiger partial charge in [0.25, 0.3) is 5.56 Å². The Morgan fingerprint density at radius 1 is 1.65 bits per heavy atom. The molecule has 0 spiro atoms. The molecular formula is C10H12IN5O. The maximum Gasteiger partial charge on any atom is 0.266 e. The lowest BCUT2D eigenvalue weighted by Gasteiger charge is -2.14. The number of anilines is 1. The molecule has 0 fully saturated rings. The molecule has 17 heavy (non-hydrogen) atoms. The smallest absolute Gasteiger partial charge is 0.266 e. The minimum Gasteiger partial charge on any atom is -0.365 e. The number of H-pyrrole nitrogens is 1. The van der Waals surface area contributed by atoms with E-state index in [2.05, 4.69) is 20.4 Å². The Balaban J connectivity index is 2.05. The van der Waals surface area contributed by atoms with Crippen LogP contribution in [0.3, 0.4) is 0 Å². The molecule has 0 aliphatic carbocycles. The van der Waals surface area contributed by atoms with Crippen molar-refractivity contribution in [1.29, 1.82) is 0 Å². The fourth-order valence-corrected chi connectivity index (χ4v) is 1.90. The highest BCUT2D eigenvalue weighted by atomic mass is 127. The second kappa shape index (κ2) is 5.30. The molecular weight excluding hydrogens is 333 g/mol. The average molecular weight is 345 g/mol. The summed E-state index contributed by atoms with van der Waals surface area (Å²) in [5.74, 6) is 0.606. The van der Waals surface area contributed by atoms with Gasteiger partial charge >= 0.3 is 0 Å². The summed E-state index contributed by atoms with van der Waals surface area (Å²) >= 11 is 1.98. The Morgan fingerprint density at radius 2 is 2.47 bits per heavy atom. The van der Waals surface area contributed by atoms with E-state index in [4.69, 9.17) is 0 Å². The number of hydrogen-bond donors (Lipinski definition) is 2. The van der Waals surface area contributed by atoms with Gasteiger partial charge in [-0.15, -0.1) is 0 Å². The zero-order valence-electron chi connectivity index (χ0n) is 9.22. The molecule has 0 radical (unpaired) electrons. The van der Waals surface area contributed by atoms with Gasteiger partial charge in [0, 0.05) is 18.4 Å². The lowest BCUT2D eigenvalue weighted by Crippen LogP contribution is -2.25. The van der Waals surface area contributed by atoms with E-state index in [9.17, 15) is 4.79 Å². The molecule has 90 valence electrons. The lowest BCUT2D eigenvalue weighted by atomic mass is 10.3. The van der Waals surface area contributed by atoms with E-state index in [0.717, 1.165) is 6.54 Å². The number of halogens is 1. The van der Waals surface area contributed by atoms with E-state index in [1.807, 2.05) is 46.5 Å². The maximum absolute atomic E-state index is 11.4. The largest absolute Gasteiger partial charge is 0.365 e. The highest BCUT2D eigenvalue weighted by Gasteiger charge is 2.09. The summed E-state index contributed by atoms with van der Waals surface area (Å²) in [5.41, 5.74) is -0.130. The van der Waals surface area contributed by atoms with Gasteiger partial charge in [0.2, 0.25) is 0 Å². The average Bonchev–Trinajstić information content (AvgIpc) is 2.77. The first-order chi connectivity index (χ1) is 8.16. The predicted molar refractivity (Wildman–Crippen MR) is 72.9 cm³/mol. The quantitative estimate of drug-likeness (QED) is 0.813. The van der Waals surface area contributed by atoms with Gasteiger partial charge in [-0.05, 0) is 35.6 Å². The number of aromatic amines is 1. The minimum absolute atomic E-state index is 0.130. The maximum atomic E-state index is 11.4. The first kappa shape index (κ1) is 12.1. The van der Waals surface area contributed by atoms with Crippen LogP contribution in [0, 0.1) is 3.57 Å². The molecule has 2 aromatic rings. The van der Waals surface area contributed by atoms with Crippen molar-refractivity contribution in [3.05, 3.63) is 38.7 Å². The van der Waals surface area contributed by atoms with Gasteiger partial charge in [-0.2, -0.15) is 5.10 Å². The summed E-state index contributed by atoms with van der Waals surface area (Å²) in [5, 5.41) is 7.31. The van der Waals surface area contributed by atoms with Crippen LogP contribution >= 0.6 is 22.6 Å². The molecule has 2 heterocycles. The van der Waals surface area contributed by atoms with Crippen LogP contribution in [0.4, 0.5) is 5.82 Å². The van der Waals surface area contributed by atoms with Crippen LogP contribution in [0.1, 0.15) is 6.92 Å². The third kappa shape index (κ3) is 3.05. The highest BCUT2D eigenvalue weighted by Crippen LogP contribution is 2.10. The fourth-order valence-electron chi connectivity index (χ4n) is 1.45. The standard InChI is InChI=1S/C10H12IN5O/c1-7(5-16-4-2-3-14-16)15-9-8(11)10(17)13-6-12-9/h2-4,6-7H,5H2,1H3,(H2,12,13,15,17). The molecule has 1 unspecified atom stereocenters. The van der Waals surface area contributed by atoms with E-state index in [1.165, 1.54) is 6.33 Å². The molecule has 0 saturated heterocycles. The van der Waals surface area contributed by atoms with Gasteiger partial charge in [0.1, 0.15) is 9.39 Å². The van der Waals surface area contributed by atoms with Gasteiger partial charge in [-0.3, -0.25) is 9.48 Å². The van der Waals surface area contributed by atoms with Crippen LogP contribution in [0.5, 0.6) is 0 Å². The van der Waals surface area contributed by atoms with Crippen molar-refractivity contribution in [2.24, 2.45) is 0 Å². The third-order valence-electron chi connectivity index (χ3n) is 2.20. The molecule has 0 aromatic carbocycles. The number of aromatic nitrogens is 4. The van der Waals surface area contributed by atoms with Crippen LogP contribution in [0.2, 0.25) is 0 Å². The van der Waals surface area contributed by atoms with Gasteiger partial charge in [0.15, 0.2) is 0 Å². The Morgan fingerprint density at radius 3 is 3.18 bits per heavy atom. The van der Waals surface area contributed by atoms with Crippen LogP contribution in [0.15, 0.2) is 29.6 Å². The molecule has 0 amide bonds. The summed E-state index contributed by atoms with van der Waals surface area (Å²) < 4.78 is 2.40. The Kier molecular flexibility index (Phi) is 3.77. The van der Waals surface area contributed by atoms with Crippen LogP contribution in [-0.2, 0) is 6.54 Å². The van der Waals surface area contributed by atoms with Gasteiger partial charge < -0.3 is 10.3 Å². The Hall–Kier alpha value is -1.38. The van der Waals surface area contributed by atoms with E-state index >= 15 is 0 Å². The van der Waals surface area contributed by atoms with Crippen molar-refractivity contribution in [3.8, 4) is 0 Å². The fraction of sp³-hybridized carbons (Fsp3) is 0.300. The Labute approximate surface area is 112 Å². The number of hydrogen-bond acceptors (Lipinski definition) is 4. The molecule has 0 bridgehead atoms. The topological polar surface area (TPSA) is 75.6 Å². The zero-order valence-corrected chi connectivity index (χ0v) is 11.4. The summed E-state index contributed by atoms with van der Waals surface area (Å²) in [4.78, 5) is 18.0. The molecule has 1 atom stereocenters. The number of nitrogens with one attached hydrogen (secondary N) is 2. The SMILES string of the molecule is CC(Cn1cccn1)Nc1nc[nH]c(=O)c1I. The molecule has 0 saturated carbocycles. The van der Waals surface area contributed by atoms with Gasteiger partial charge in [0.05, 0.1) is 12.9 Å². The van der Waals surface area contributed by atoms with Crippen molar-refractivity contribution in [1.82, 2.24) is 19.7 Å². The van der Waals surface area contributed by atoms with E-state index in [1.54, 1.807) is 6.20 Å². The summed E-state index contributed by atoms with van der Waals surface area (Å²) in [6, 6.07) is 2.01. The third-order valence-corrected chi connectivity index (χ3v) is 3.20. The van der Waals surface area contributed by atoms with Crippen LogP contribution in [0.25, 0.3) is 0 Å². The van der Waals surface area contributed by atoms with Crippen molar-refractivity contribution < 1.29 is 0 Å². The van der Waals surface area contributed by atoms with Crippen molar-refractivity contribution in [2.45, 2.75) is 19.5 Å². The first-order valence-electron chi connectivity index (χ1n) is 5.14. The normalized spacial score (nSPS) is 12.4.